The minimum absolute atomic E-state index is 0.277. The van der Waals surface area contributed by atoms with Crippen molar-refractivity contribution in [2.75, 3.05) is 0 Å². The van der Waals surface area contributed by atoms with Gasteiger partial charge in [0.15, 0.2) is 0 Å². The number of benzene rings is 1. The summed E-state index contributed by atoms with van der Waals surface area (Å²) >= 11 is 0. The van der Waals surface area contributed by atoms with Gasteiger partial charge in [0.1, 0.15) is 5.75 Å². The van der Waals surface area contributed by atoms with Crippen LogP contribution >= 0.6 is 0 Å². The number of hydrogen-bond acceptors (Lipinski definition) is 3. The van der Waals surface area contributed by atoms with Crippen molar-refractivity contribution in [3.63, 3.8) is 0 Å². The van der Waals surface area contributed by atoms with Crippen molar-refractivity contribution in [1.29, 1.82) is 0 Å². The van der Waals surface area contributed by atoms with E-state index in [-0.39, 0.29) is 5.56 Å². The highest BCUT2D eigenvalue weighted by atomic mass is 16.5. The number of fused-ring (bicyclic) bond motifs is 2. The third-order valence-corrected chi connectivity index (χ3v) is 2.74. The van der Waals surface area contributed by atoms with Gasteiger partial charge in [-0.3, -0.25) is 0 Å². The first-order valence-electron chi connectivity index (χ1n) is 5.22. The minimum atomic E-state index is -0.926. The summed E-state index contributed by atoms with van der Waals surface area (Å²) in [5, 5.41) is 8.93. The van der Waals surface area contributed by atoms with Crippen molar-refractivity contribution in [2.45, 2.75) is 6.42 Å². The lowest BCUT2D eigenvalue weighted by Crippen LogP contribution is -2.06. The van der Waals surface area contributed by atoms with Gasteiger partial charge in [-0.1, -0.05) is 6.07 Å². The molecule has 1 N–H and O–H groups in total. The predicted molar refractivity (Wildman–Crippen MR) is 60.5 cm³/mol. The molecule has 2 heterocycles. The summed E-state index contributed by atoms with van der Waals surface area (Å²) in [6.07, 6.45) is 2.33. The molecular formula is C13H9NO3. The highest BCUT2D eigenvalue weighted by Crippen LogP contribution is 2.35. The van der Waals surface area contributed by atoms with Crippen LogP contribution in [0.25, 0.3) is 0 Å². The van der Waals surface area contributed by atoms with Gasteiger partial charge in [-0.15, -0.1) is 0 Å². The quantitative estimate of drug-likeness (QED) is 0.693. The van der Waals surface area contributed by atoms with Crippen LogP contribution in [-0.2, 0) is 6.42 Å². The lowest BCUT2D eigenvalue weighted by molar-refractivity contribution is 0.0696. The Labute approximate surface area is 97.5 Å². The van der Waals surface area contributed by atoms with Crippen molar-refractivity contribution >= 4 is 5.97 Å². The van der Waals surface area contributed by atoms with Crippen LogP contribution in [0.3, 0.4) is 0 Å². The summed E-state index contributed by atoms with van der Waals surface area (Å²) in [5.41, 5.74) is 2.13. The molecule has 4 heteroatoms. The van der Waals surface area contributed by atoms with Crippen LogP contribution in [0.4, 0.5) is 0 Å². The average Bonchev–Trinajstić information content (AvgIpc) is 2.35. The van der Waals surface area contributed by atoms with Crippen LogP contribution in [0.15, 0.2) is 36.5 Å². The first kappa shape index (κ1) is 9.84. The van der Waals surface area contributed by atoms with E-state index < -0.39 is 5.97 Å². The Morgan fingerprint density at radius 1 is 1.29 bits per heavy atom. The van der Waals surface area contributed by atoms with Crippen molar-refractivity contribution in [2.24, 2.45) is 0 Å². The van der Waals surface area contributed by atoms with Gasteiger partial charge < -0.3 is 9.84 Å². The van der Waals surface area contributed by atoms with Crippen LogP contribution in [0.5, 0.6) is 11.6 Å². The normalized spacial score (nSPS) is 12.2. The molecule has 0 amide bonds. The molecule has 0 aliphatic carbocycles. The summed E-state index contributed by atoms with van der Waals surface area (Å²) in [6.45, 7) is 0. The van der Waals surface area contributed by atoms with Crippen LogP contribution < -0.4 is 4.74 Å². The first-order chi connectivity index (χ1) is 8.24. The fraction of sp³-hybridized carbons (Fsp3) is 0.0769. The molecule has 4 nitrogen and oxygen atoms in total. The molecule has 0 saturated heterocycles. The summed E-state index contributed by atoms with van der Waals surface area (Å²) < 4.78 is 5.61. The second kappa shape index (κ2) is 3.59. The van der Waals surface area contributed by atoms with Gasteiger partial charge in [0.25, 0.3) is 0 Å². The van der Waals surface area contributed by atoms with Gasteiger partial charge >= 0.3 is 5.97 Å². The zero-order valence-electron chi connectivity index (χ0n) is 8.88. The van der Waals surface area contributed by atoms with E-state index >= 15 is 0 Å². The number of nitrogens with zero attached hydrogens (tertiary/aromatic N) is 1. The monoisotopic (exact) mass is 227 g/mol. The second-order valence-electron chi connectivity index (χ2n) is 3.87. The van der Waals surface area contributed by atoms with Crippen LogP contribution in [0.2, 0.25) is 0 Å². The minimum Gasteiger partial charge on any atom is -0.478 e. The molecule has 1 aliphatic heterocycles. The number of aromatic carboxylic acids is 1. The Balaban J connectivity index is 2.06. The zero-order chi connectivity index (χ0) is 11.8. The van der Waals surface area contributed by atoms with E-state index in [9.17, 15) is 4.79 Å². The largest absolute Gasteiger partial charge is 0.478 e. The molecular weight excluding hydrogens is 218 g/mol. The van der Waals surface area contributed by atoms with E-state index in [1.807, 2.05) is 12.1 Å². The third kappa shape index (κ3) is 1.63. The number of hydrogen-bond donors (Lipinski definition) is 1. The molecule has 0 atom stereocenters. The Hall–Kier alpha value is -2.36. The number of carboxylic acids is 1. The topological polar surface area (TPSA) is 59.4 Å². The number of aromatic nitrogens is 1. The molecule has 0 spiro atoms. The molecule has 0 bridgehead atoms. The van der Waals surface area contributed by atoms with Gasteiger partial charge in [-0.05, 0) is 24.3 Å². The van der Waals surface area contributed by atoms with E-state index in [0.29, 0.717) is 18.1 Å². The molecule has 84 valence electrons. The summed E-state index contributed by atoms with van der Waals surface area (Å²) in [7, 11) is 0. The van der Waals surface area contributed by atoms with Gasteiger partial charge in [0.2, 0.25) is 5.88 Å². The number of carbonyl (C=O) groups is 1. The zero-order valence-corrected chi connectivity index (χ0v) is 8.88. The first-order valence-corrected chi connectivity index (χ1v) is 5.22. The Morgan fingerprint density at radius 2 is 2.18 bits per heavy atom. The van der Waals surface area contributed by atoms with Gasteiger partial charge in [0.05, 0.1) is 5.56 Å². The molecule has 1 aromatic heterocycles. The van der Waals surface area contributed by atoms with E-state index in [0.717, 1.165) is 11.1 Å². The molecule has 1 aliphatic rings. The second-order valence-corrected chi connectivity index (χ2v) is 3.87. The predicted octanol–water partition coefficient (Wildman–Crippen LogP) is 2.48. The Bertz CT molecular complexity index is 607. The van der Waals surface area contributed by atoms with Crippen LogP contribution in [0.1, 0.15) is 21.5 Å². The molecule has 0 saturated carbocycles. The highest BCUT2D eigenvalue weighted by molar-refractivity contribution is 5.88. The number of carboxylic acid groups (broad SMARTS) is 1. The number of rotatable bonds is 1. The van der Waals surface area contributed by atoms with Crippen molar-refractivity contribution in [3.05, 3.63) is 53.2 Å². The van der Waals surface area contributed by atoms with Crippen LogP contribution in [-0.4, -0.2) is 16.1 Å². The van der Waals surface area contributed by atoms with E-state index in [1.165, 1.54) is 6.07 Å². The third-order valence-electron chi connectivity index (χ3n) is 2.74. The molecule has 0 fully saturated rings. The Kier molecular flexibility index (Phi) is 2.08. The molecule has 1 aromatic carbocycles. The molecule has 2 aromatic rings. The average molecular weight is 227 g/mol. The van der Waals surface area contributed by atoms with Crippen molar-refractivity contribution in [1.82, 2.24) is 4.98 Å². The maximum absolute atomic E-state index is 10.9. The van der Waals surface area contributed by atoms with Gasteiger partial charge in [0, 0.05) is 23.7 Å². The highest BCUT2D eigenvalue weighted by Gasteiger charge is 2.18. The summed E-state index contributed by atoms with van der Waals surface area (Å²) in [6, 6.07) is 8.63. The number of pyridine rings is 1. The molecule has 0 radical (unpaired) electrons. The molecule has 3 rings (SSSR count). The van der Waals surface area contributed by atoms with Crippen molar-refractivity contribution < 1.29 is 14.6 Å². The fourth-order valence-corrected chi connectivity index (χ4v) is 1.91. The standard InChI is InChI=1S/C13H9NO3/c15-13(16)9-3-4-11-10(7-9)6-8-2-1-5-14-12(8)17-11/h1-5,7H,6H2,(H,15,16). The van der Waals surface area contributed by atoms with E-state index in [4.69, 9.17) is 9.84 Å². The van der Waals surface area contributed by atoms with Crippen molar-refractivity contribution in [3.8, 4) is 11.6 Å². The maximum atomic E-state index is 10.9. The van der Waals surface area contributed by atoms with Crippen LogP contribution in [0, 0.1) is 0 Å². The van der Waals surface area contributed by atoms with Gasteiger partial charge in [-0.25, -0.2) is 9.78 Å². The number of ether oxygens (including phenoxy) is 1. The lowest BCUT2D eigenvalue weighted by atomic mass is 10.0. The molecule has 17 heavy (non-hydrogen) atoms. The van der Waals surface area contributed by atoms with E-state index in [2.05, 4.69) is 4.98 Å². The molecule has 0 unspecified atom stereocenters. The van der Waals surface area contributed by atoms with E-state index in [1.54, 1.807) is 18.3 Å². The Morgan fingerprint density at radius 3 is 3.00 bits per heavy atom. The van der Waals surface area contributed by atoms with Gasteiger partial charge in [-0.2, -0.15) is 0 Å². The summed E-state index contributed by atoms with van der Waals surface area (Å²) in [5.74, 6) is 0.356. The maximum Gasteiger partial charge on any atom is 0.335 e. The fourth-order valence-electron chi connectivity index (χ4n) is 1.91. The SMILES string of the molecule is O=C(O)c1ccc2c(c1)Cc1cccnc1O2. The summed E-state index contributed by atoms with van der Waals surface area (Å²) in [4.78, 5) is 15.0. The smallest absolute Gasteiger partial charge is 0.335 e. The lowest BCUT2D eigenvalue weighted by Gasteiger charge is -2.18.